The van der Waals surface area contributed by atoms with Gasteiger partial charge in [0.05, 0.1) is 0 Å². The molecule has 0 radical (unpaired) electrons. The fourth-order valence-corrected chi connectivity index (χ4v) is 1.75. The van der Waals surface area contributed by atoms with Crippen LogP contribution in [-0.2, 0) is 7.05 Å². The van der Waals surface area contributed by atoms with Crippen molar-refractivity contribution in [2.24, 2.45) is 7.05 Å². The lowest BCUT2D eigenvalue weighted by molar-refractivity contribution is 0.764. The predicted octanol–water partition coefficient (Wildman–Crippen LogP) is 1.63. The van der Waals surface area contributed by atoms with Crippen LogP contribution in [0.5, 0.6) is 0 Å². The maximum Gasteiger partial charge on any atom is 0.190 e. The molecule has 0 aliphatic rings. The first kappa shape index (κ1) is 10.1. The largest absolute Gasteiger partial charge is 0.309 e. The van der Waals surface area contributed by atoms with Crippen molar-refractivity contribution >= 4 is 11.8 Å². The topological polar surface area (TPSA) is 30.7 Å². The second-order valence-corrected chi connectivity index (χ2v) is 3.81. The highest BCUT2D eigenvalue weighted by molar-refractivity contribution is 7.99. The van der Waals surface area contributed by atoms with Gasteiger partial charge in [-0.05, 0) is 13.3 Å². The summed E-state index contributed by atoms with van der Waals surface area (Å²) in [4.78, 5) is 0. The normalized spacial score (nSPS) is 9.92. The van der Waals surface area contributed by atoms with Crippen molar-refractivity contribution < 1.29 is 0 Å². The van der Waals surface area contributed by atoms with Gasteiger partial charge in [-0.3, -0.25) is 0 Å². The molecule has 1 rings (SSSR count). The van der Waals surface area contributed by atoms with Crippen LogP contribution in [0.4, 0.5) is 0 Å². The maximum absolute atomic E-state index is 5.15. The summed E-state index contributed by atoms with van der Waals surface area (Å²) in [5.41, 5.74) is 0. The summed E-state index contributed by atoms with van der Waals surface area (Å²) in [6, 6.07) is 0. The van der Waals surface area contributed by atoms with Crippen molar-refractivity contribution in [2.45, 2.75) is 24.9 Å². The van der Waals surface area contributed by atoms with Crippen LogP contribution in [0.1, 0.15) is 18.7 Å². The average Bonchev–Trinajstić information content (AvgIpc) is 2.43. The molecule has 0 fully saturated rings. The number of nitrogens with zero attached hydrogens (tertiary/aromatic N) is 3. The Kier molecular flexibility index (Phi) is 3.84. The number of aryl methyl sites for hydroxylation is 1. The van der Waals surface area contributed by atoms with Crippen LogP contribution in [-0.4, -0.2) is 20.5 Å². The zero-order chi connectivity index (χ0) is 9.68. The molecule has 1 aromatic rings. The van der Waals surface area contributed by atoms with E-state index in [1.807, 2.05) is 18.5 Å². The standard InChI is InChI=1S/C9H13N3S/c1-4-5-6-7-13-9-11-10-8(2)12(9)3/h1H,5-7H2,2-3H3. The van der Waals surface area contributed by atoms with E-state index in [0.717, 1.165) is 29.6 Å². The molecule has 0 atom stereocenters. The minimum Gasteiger partial charge on any atom is -0.309 e. The Hall–Kier alpha value is -0.950. The molecule has 0 aromatic carbocycles. The average molecular weight is 195 g/mol. The molecule has 0 unspecified atom stereocenters. The van der Waals surface area contributed by atoms with Gasteiger partial charge in [-0.2, -0.15) is 0 Å². The van der Waals surface area contributed by atoms with Crippen molar-refractivity contribution in [3.8, 4) is 12.3 Å². The van der Waals surface area contributed by atoms with E-state index in [1.165, 1.54) is 0 Å². The van der Waals surface area contributed by atoms with E-state index in [0.29, 0.717) is 0 Å². The third-order valence-electron chi connectivity index (χ3n) is 1.75. The van der Waals surface area contributed by atoms with E-state index in [2.05, 4.69) is 16.1 Å². The Morgan fingerprint density at radius 2 is 2.31 bits per heavy atom. The zero-order valence-electron chi connectivity index (χ0n) is 7.95. The smallest absolute Gasteiger partial charge is 0.190 e. The summed E-state index contributed by atoms with van der Waals surface area (Å²) in [5, 5.41) is 8.97. The fraction of sp³-hybridized carbons (Fsp3) is 0.556. The van der Waals surface area contributed by atoms with Crippen LogP contribution < -0.4 is 0 Å². The Labute approximate surface area is 82.9 Å². The van der Waals surface area contributed by atoms with Crippen molar-refractivity contribution in [3.05, 3.63) is 5.82 Å². The SMILES string of the molecule is C#CCCCSc1nnc(C)n1C. The molecule has 0 N–H and O–H groups in total. The van der Waals surface area contributed by atoms with Crippen LogP contribution in [0.3, 0.4) is 0 Å². The minimum atomic E-state index is 0.837. The van der Waals surface area contributed by atoms with E-state index in [9.17, 15) is 0 Å². The van der Waals surface area contributed by atoms with E-state index < -0.39 is 0 Å². The molecular formula is C9H13N3S. The number of unbranched alkanes of at least 4 members (excludes halogenated alkanes) is 1. The first-order valence-corrected chi connectivity index (χ1v) is 5.16. The molecule has 3 nitrogen and oxygen atoms in total. The summed E-state index contributed by atoms with van der Waals surface area (Å²) >= 11 is 1.70. The van der Waals surface area contributed by atoms with Crippen molar-refractivity contribution in [3.63, 3.8) is 0 Å². The Morgan fingerprint density at radius 1 is 1.54 bits per heavy atom. The van der Waals surface area contributed by atoms with Crippen LogP contribution in [0.15, 0.2) is 5.16 Å². The molecule has 1 heterocycles. The number of hydrogen-bond acceptors (Lipinski definition) is 3. The lowest BCUT2D eigenvalue weighted by atomic mass is 10.4. The van der Waals surface area contributed by atoms with Gasteiger partial charge >= 0.3 is 0 Å². The van der Waals surface area contributed by atoms with E-state index >= 15 is 0 Å². The van der Waals surface area contributed by atoms with Gasteiger partial charge in [-0.25, -0.2) is 0 Å². The number of thioether (sulfide) groups is 1. The molecule has 0 saturated carbocycles. The van der Waals surface area contributed by atoms with Gasteiger partial charge < -0.3 is 4.57 Å². The number of aromatic nitrogens is 3. The molecular weight excluding hydrogens is 182 g/mol. The van der Waals surface area contributed by atoms with Crippen molar-refractivity contribution in [1.82, 2.24) is 14.8 Å². The Morgan fingerprint density at radius 3 is 2.85 bits per heavy atom. The summed E-state index contributed by atoms with van der Waals surface area (Å²) in [6.45, 7) is 1.94. The lowest BCUT2D eigenvalue weighted by Crippen LogP contribution is -1.94. The molecule has 0 amide bonds. The van der Waals surface area contributed by atoms with Crippen LogP contribution in [0.2, 0.25) is 0 Å². The van der Waals surface area contributed by atoms with Crippen molar-refractivity contribution in [2.75, 3.05) is 5.75 Å². The monoisotopic (exact) mass is 195 g/mol. The molecule has 13 heavy (non-hydrogen) atoms. The summed E-state index contributed by atoms with van der Waals surface area (Å²) in [6.07, 6.45) is 7.02. The minimum absolute atomic E-state index is 0.837. The van der Waals surface area contributed by atoms with Gasteiger partial charge in [0.1, 0.15) is 5.82 Å². The predicted molar refractivity (Wildman–Crippen MR) is 54.5 cm³/mol. The number of terminal acetylenes is 1. The highest BCUT2D eigenvalue weighted by atomic mass is 32.2. The zero-order valence-corrected chi connectivity index (χ0v) is 8.77. The number of hydrogen-bond donors (Lipinski definition) is 0. The van der Waals surface area contributed by atoms with Gasteiger partial charge in [0.2, 0.25) is 0 Å². The summed E-state index contributed by atoms with van der Waals surface area (Å²) in [5.74, 6) is 4.57. The number of rotatable bonds is 4. The van der Waals surface area contributed by atoms with E-state index in [1.54, 1.807) is 11.8 Å². The summed E-state index contributed by atoms with van der Waals surface area (Å²) in [7, 11) is 1.97. The molecule has 4 heteroatoms. The molecule has 0 spiro atoms. The quantitative estimate of drug-likeness (QED) is 0.415. The highest BCUT2D eigenvalue weighted by Crippen LogP contribution is 2.16. The van der Waals surface area contributed by atoms with E-state index in [-0.39, 0.29) is 0 Å². The second-order valence-electron chi connectivity index (χ2n) is 2.74. The first-order chi connectivity index (χ1) is 6.25. The van der Waals surface area contributed by atoms with Crippen LogP contribution in [0, 0.1) is 19.3 Å². The summed E-state index contributed by atoms with van der Waals surface area (Å²) < 4.78 is 1.99. The van der Waals surface area contributed by atoms with Gasteiger partial charge in [-0.15, -0.1) is 22.5 Å². The molecule has 0 aliphatic heterocycles. The third-order valence-corrected chi connectivity index (χ3v) is 2.86. The molecule has 1 aromatic heterocycles. The van der Waals surface area contributed by atoms with Gasteiger partial charge in [-0.1, -0.05) is 11.8 Å². The molecule has 0 saturated heterocycles. The van der Waals surface area contributed by atoms with Crippen LogP contribution in [0.25, 0.3) is 0 Å². The maximum atomic E-state index is 5.15. The Balaban J connectivity index is 2.38. The third kappa shape index (κ3) is 2.78. The lowest BCUT2D eigenvalue weighted by Gasteiger charge is -1.99. The van der Waals surface area contributed by atoms with Gasteiger partial charge in [0.15, 0.2) is 5.16 Å². The highest BCUT2D eigenvalue weighted by Gasteiger charge is 2.03. The van der Waals surface area contributed by atoms with Crippen molar-refractivity contribution in [1.29, 1.82) is 0 Å². The molecule has 0 aliphatic carbocycles. The second kappa shape index (κ2) is 4.93. The fourth-order valence-electron chi connectivity index (χ4n) is 0.851. The van der Waals surface area contributed by atoms with Crippen LogP contribution >= 0.6 is 11.8 Å². The van der Waals surface area contributed by atoms with E-state index in [4.69, 9.17) is 6.42 Å². The van der Waals surface area contributed by atoms with Gasteiger partial charge in [0.25, 0.3) is 0 Å². The first-order valence-electron chi connectivity index (χ1n) is 4.18. The van der Waals surface area contributed by atoms with Gasteiger partial charge in [0, 0.05) is 19.2 Å². The molecule has 0 bridgehead atoms. The Bertz CT molecular complexity index is 311. The molecule has 70 valence electrons.